The Morgan fingerprint density at radius 2 is 2.25 bits per heavy atom. The van der Waals surface area contributed by atoms with Crippen LogP contribution in [0.3, 0.4) is 0 Å². The average molecular weight is 397 g/mol. The number of nitrogens with two attached hydrogens (primary N) is 1. The molecule has 0 spiro atoms. The summed E-state index contributed by atoms with van der Waals surface area (Å²) in [7, 11) is 0. The van der Waals surface area contributed by atoms with E-state index >= 15 is 0 Å². The van der Waals surface area contributed by atoms with Crippen LogP contribution in [0, 0.1) is 0 Å². The molecule has 0 unspecified atom stereocenters. The van der Waals surface area contributed by atoms with Gasteiger partial charge in [-0.05, 0) is 50.1 Å². The molecule has 2 aromatic rings. The van der Waals surface area contributed by atoms with Gasteiger partial charge in [0.25, 0.3) is 5.91 Å². The molecule has 0 aliphatic carbocycles. The van der Waals surface area contributed by atoms with E-state index in [1.165, 1.54) is 0 Å². The number of allylic oxidation sites excluding steroid dienone is 1. The van der Waals surface area contributed by atoms with Crippen molar-refractivity contribution in [3.8, 4) is 5.75 Å². The number of aromatic nitrogens is 1. The van der Waals surface area contributed by atoms with Crippen LogP contribution in [0.4, 0.5) is 5.69 Å². The number of aliphatic imine (C=N–C) groups is 1. The van der Waals surface area contributed by atoms with Crippen LogP contribution >= 0.6 is 11.8 Å². The molecule has 1 aliphatic rings. The largest absolute Gasteiger partial charge is 0.488 e. The molecule has 0 saturated heterocycles. The van der Waals surface area contributed by atoms with Crippen LogP contribution < -0.4 is 15.8 Å². The molecule has 3 rings (SSSR count). The fourth-order valence-electron chi connectivity index (χ4n) is 2.86. The number of thioether (sulfide) groups is 1. The molecular weight excluding hydrogens is 372 g/mol. The van der Waals surface area contributed by atoms with E-state index in [1.807, 2.05) is 43.3 Å². The van der Waals surface area contributed by atoms with Crippen LogP contribution in [0.25, 0.3) is 0 Å². The van der Waals surface area contributed by atoms with E-state index in [1.54, 1.807) is 30.1 Å². The number of amides is 1. The summed E-state index contributed by atoms with van der Waals surface area (Å²) in [5, 5.41) is 3.50. The molecule has 6 nitrogen and oxygen atoms in total. The number of hydrogen-bond acceptors (Lipinski definition) is 6. The van der Waals surface area contributed by atoms with Gasteiger partial charge in [-0.15, -0.1) is 0 Å². The van der Waals surface area contributed by atoms with Crippen molar-refractivity contribution in [3.63, 3.8) is 0 Å². The molecule has 7 heteroatoms. The number of nitrogens with zero attached hydrogens (tertiary/aromatic N) is 2. The lowest BCUT2D eigenvalue weighted by molar-refractivity contribution is 0.102. The van der Waals surface area contributed by atoms with E-state index in [4.69, 9.17) is 10.5 Å². The first kappa shape index (κ1) is 19.9. The number of amidine groups is 1. The van der Waals surface area contributed by atoms with Crippen molar-refractivity contribution in [2.24, 2.45) is 10.7 Å². The van der Waals surface area contributed by atoms with E-state index in [0.717, 1.165) is 17.7 Å². The highest BCUT2D eigenvalue weighted by Gasteiger charge is 2.29. The lowest BCUT2D eigenvalue weighted by Crippen LogP contribution is -2.28. The van der Waals surface area contributed by atoms with Crippen LogP contribution in [0.15, 0.2) is 59.7 Å². The topological polar surface area (TPSA) is 89.6 Å². The molecular formula is C21H24N4O2S. The predicted octanol–water partition coefficient (Wildman–Crippen LogP) is 3.96. The summed E-state index contributed by atoms with van der Waals surface area (Å²) >= 11 is 1.57. The second-order valence-electron chi connectivity index (χ2n) is 6.62. The number of carbonyl (C=O) groups excluding carboxylic acids is 1. The molecule has 1 aliphatic heterocycles. The summed E-state index contributed by atoms with van der Waals surface area (Å²) in [6, 6.07) is 11.1. The standard InChI is InChI=1S/C21H24N4O2S/c1-3-4-11-27-17-8-9-18(23-14-17)19(26)24-16-7-5-6-15(13-16)21(2)10-12-28-20(22)25-21/h3-9,13-14H,10-12H2,1-2H3,(H2,22,25)(H,24,26)/t21-/m0/s1. The Balaban J connectivity index is 1.70. The Morgan fingerprint density at radius 3 is 2.96 bits per heavy atom. The molecule has 3 N–H and O–H groups in total. The van der Waals surface area contributed by atoms with Gasteiger partial charge in [0.15, 0.2) is 5.17 Å². The van der Waals surface area contributed by atoms with Crippen LogP contribution in [-0.4, -0.2) is 28.4 Å². The SMILES string of the molecule is CC=CCOc1ccc(C(=O)Nc2cccc([C@]3(C)CCSC(N)=N3)c2)nc1. The highest BCUT2D eigenvalue weighted by molar-refractivity contribution is 8.13. The first-order valence-electron chi connectivity index (χ1n) is 9.10. The molecule has 0 bridgehead atoms. The van der Waals surface area contributed by atoms with E-state index < -0.39 is 0 Å². The van der Waals surface area contributed by atoms with Gasteiger partial charge in [0.2, 0.25) is 0 Å². The second kappa shape index (κ2) is 8.93. The van der Waals surface area contributed by atoms with E-state index in [9.17, 15) is 4.79 Å². The number of nitrogens with one attached hydrogen (secondary N) is 1. The van der Waals surface area contributed by atoms with E-state index in [-0.39, 0.29) is 11.4 Å². The molecule has 1 aromatic heterocycles. The van der Waals surface area contributed by atoms with Crippen molar-refractivity contribution in [2.45, 2.75) is 25.8 Å². The minimum Gasteiger partial charge on any atom is -0.488 e. The third-order valence-corrected chi connectivity index (χ3v) is 5.28. The normalized spacial score (nSPS) is 19.3. The smallest absolute Gasteiger partial charge is 0.274 e. The molecule has 0 fully saturated rings. The number of pyridine rings is 1. The Labute approximate surface area is 169 Å². The second-order valence-corrected chi connectivity index (χ2v) is 7.73. The number of anilines is 1. The van der Waals surface area contributed by atoms with E-state index in [0.29, 0.717) is 28.9 Å². The Bertz CT molecular complexity index is 896. The maximum Gasteiger partial charge on any atom is 0.274 e. The molecule has 0 saturated carbocycles. The lowest BCUT2D eigenvalue weighted by Gasteiger charge is -2.30. The van der Waals surface area contributed by atoms with Crippen molar-refractivity contribution in [3.05, 3.63) is 66.0 Å². The summed E-state index contributed by atoms with van der Waals surface area (Å²) in [6.45, 7) is 4.47. The number of hydrogen-bond donors (Lipinski definition) is 2. The first-order valence-corrected chi connectivity index (χ1v) is 10.1. The van der Waals surface area contributed by atoms with Gasteiger partial charge in [0.05, 0.1) is 11.7 Å². The average Bonchev–Trinajstić information content (AvgIpc) is 2.69. The predicted molar refractivity (Wildman–Crippen MR) is 115 cm³/mol. The van der Waals surface area contributed by atoms with E-state index in [2.05, 4.69) is 22.2 Å². The van der Waals surface area contributed by atoms with Crippen molar-refractivity contribution >= 4 is 28.5 Å². The summed E-state index contributed by atoms with van der Waals surface area (Å²) in [5.41, 5.74) is 7.59. The van der Waals surface area contributed by atoms with Crippen LogP contribution in [0.2, 0.25) is 0 Å². The van der Waals surface area contributed by atoms with Gasteiger partial charge in [0.1, 0.15) is 18.1 Å². The van der Waals surface area contributed by atoms with Crippen molar-refractivity contribution in [2.75, 3.05) is 17.7 Å². The number of carbonyl (C=O) groups is 1. The van der Waals surface area contributed by atoms with Gasteiger partial charge in [0, 0.05) is 11.4 Å². The van der Waals surface area contributed by atoms with Crippen LogP contribution in [0.5, 0.6) is 5.75 Å². The number of rotatable bonds is 6. The maximum absolute atomic E-state index is 12.5. The fourth-order valence-corrected chi connectivity index (χ4v) is 3.84. The Morgan fingerprint density at radius 1 is 1.39 bits per heavy atom. The fraction of sp³-hybridized carbons (Fsp3) is 0.286. The summed E-state index contributed by atoms with van der Waals surface area (Å²) in [4.78, 5) is 21.3. The highest BCUT2D eigenvalue weighted by Crippen LogP contribution is 2.35. The summed E-state index contributed by atoms with van der Waals surface area (Å²) in [5.74, 6) is 1.27. The monoisotopic (exact) mass is 396 g/mol. The van der Waals surface area contributed by atoms with Gasteiger partial charge in [-0.25, -0.2) is 4.98 Å². The van der Waals surface area contributed by atoms with Crippen LogP contribution in [-0.2, 0) is 5.54 Å². The summed E-state index contributed by atoms with van der Waals surface area (Å²) < 4.78 is 5.50. The molecule has 1 atom stereocenters. The van der Waals surface area contributed by atoms with Gasteiger partial charge in [-0.2, -0.15) is 0 Å². The third kappa shape index (κ3) is 4.92. The van der Waals surface area contributed by atoms with Crippen molar-refractivity contribution in [1.29, 1.82) is 0 Å². The van der Waals surface area contributed by atoms with Gasteiger partial charge < -0.3 is 15.8 Å². The zero-order valence-corrected chi connectivity index (χ0v) is 16.8. The summed E-state index contributed by atoms with van der Waals surface area (Å²) in [6.07, 6.45) is 6.26. The molecule has 1 amide bonds. The number of ether oxygens (including phenoxy) is 1. The molecule has 0 radical (unpaired) electrons. The molecule has 2 heterocycles. The van der Waals surface area contributed by atoms with Gasteiger partial charge >= 0.3 is 0 Å². The third-order valence-electron chi connectivity index (χ3n) is 4.49. The first-order chi connectivity index (χ1) is 13.5. The maximum atomic E-state index is 12.5. The van der Waals surface area contributed by atoms with Crippen LogP contribution in [0.1, 0.15) is 36.3 Å². The molecule has 146 valence electrons. The van der Waals surface area contributed by atoms with Gasteiger partial charge in [-0.1, -0.05) is 36.0 Å². The zero-order chi connectivity index (χ0) is 20.0. The van der Waals surface area contributed by atoms with Gasteiger partial charge in [-0.3, -0.25) is 9.79 Å². The Kier molecular flexibility index (Phi) is 6.36. The molecule has 28 heavy (non-hydrogen) atoms. The lowest BCUT2D eigenvalue weighted by atomic mass is 9.89. The van der Waals surface area contributed by atoms with Crippen molar-refractivity contribution in [1.82, 2.24) is 4.98 Å². The number of benzene rings is 1. The molecule has 1 aromatic carbocycles. The zero-order valence-electron chi connectivity index (χ0n) is 16.0. The Hall–Kier alpha value is -2.80. The van der Waals surface area contributed by atoms with Crippen molar-refractivity contribution < 1.29 is 9.53 Å². The highest BCUT2D eigenvalue weighted by atomic mass is 32.2. The minimum absolute atomic E-state index is 0.274. The minimum atomic E-state index is -0.375. The quantitative estimate of drug-likeness (QED) is 0.722.